The van der Waals surface area contributed by atoms with Crippen molar-refractivity contribution >= 4 is 71.7 Å². The van der Waals surface area contributed by atoms with Gasteiger partial charge in [0.2, 0.25) is 0 Å². The highest BCUT2D eigenvalue weighted by Gasteiger charge is 2.21. The fourth-order valence-corrected chi connectivity index (χ4v) is 8.16. The molecular weight excluding hydrogens is 671 g/mol. The van der Waals surface area contributed by atoms with Gasteiger partial charge in [-0.15, -0.1) is 0 Å². The normalized spacial score (nSPS) is 11.6. The zero-order valence-corrected chi connectivity index (χ0v) is 29.8. The molecule has 55 heavy (non-hydrogen) atoms. The second-order valence-electron chi connectivity index (χ2n) is 14.1. The summed E-state index contributed by atoms with van der Waals surface area (Å²) in [5.74, 6) is 0. The van der Waals surface area contributed by atoms with Crippen LogP contribution in [0, 0.1) is 0 Å². The van der Waals surface area contributed by atoms with Crippen LogP contribution in [0.3, 0.4) is 0 Å². The van der Waals surface area contributed by atoms with Gasteiger partial charge in [-0.1, -0.05) is 146 Å². The number of hydrogen-bond acceptors (Lipinski definition) is 3. The van der Waals surface area contributed by atoms with Crippen LogP contribution in [-0.2, 0) is 0 Å². The summed E-state index contributed by atoms with van der Waals surface area (Å²) in [5.41, 5.74) is 13.4. The lowest BCUT2D eigenvalue weighted by Gasteiger charge is -2.26. The van der Waals surface area contributed by atoms with E-state index < -0.39 is 0 Å². The van der Waals surface area contributed by atoms with Crippen LogP contribution in [0.5, 0.6) is 0 Å². The molecule has 2 aromatic heterocycles. The molecule has 0 aliphatic heterocycles. The molecule has 3 heteroatoms. The van der Waals surface area contributed by atoms with Crippen LogP contribution in [0.4, 0.5) is 17.1 Å². The number of furan rings is 2. The van der Waals surface area contributed by atoms with Gasteiger partial charge in [0.25, 0.3) is 0 Å². The van der Waals surface area contributed by atoms with Crippen molar-refractivity contribution in [2.45, 2.75) is 0 Å². The predicted octanol–water partition coefficient (Wildman–Crippen LogP) is 15.1. The first-order valence-corrected chi connectivity index (χ1v) is 18.7. The SMILES string of the molecule is c1ccc(-c2cccc3c2oc2c(N(c4ccc(-c5ccc6ccccc6c5)cc4)c4cccc(-c5ccc6oc7ccccc7c6c5)c4)cccc23)cc1. The highest BCUT2D eigenvalue weighted by molar-refractivity contribution is 6.13. The first kappa shape index (κ1) is 31.2. The summed E-state index contributed by atoms with van der Waals surface area (Å²) in [5, 5.41) is 6.88. The maximum absolute atomic E-state index is 6.97. The highest BCUT2D eigenvalue weighted by Crippen LogP contribution is 2.45. The molecule has 258 valence electrons. The van der Waals surface area contributed by atoms with Gasteiger partial charge in [-0.2, -0.15) is 0 Å². The van der Waals surface area contributed by atoms with Crippen molar-refractivity contribution < 1.29 is 8.83 Å². The first-order chi connectivity index (χ1) is 27.2. The molecule has 0 saturated carbocycles. The molecule has 0 atom stereocenters. The fourth-order valence-electron chi connectivity index (χ4n) is 8.16. The van der Waals surface area contributed by atoms with E-state index in [1.807, 2.05) is 18.2 Å². The topological polar surface area (TPSA) is 29.5 Å². The molecule has 0 radical (unpaired) electrons. The van der Waals surface area contributed by atoms with Gasteiger partial charge in [0, 0.05) is 38.5 Å². The summed E-state index contributed by atoms with van der Waals surface area (Å²) < 4.78 is 13.1. The molecule has 0 amide bonds. The van der Waals surface area contributed by atoms with Gasteiger partial charge in [-0.25, -0.2) is 0 Å². The predicted molar refractivity (Wildman–Crippen MR) is 229 cm³/mol. The first-order valence-electron chi connectivity index (χ1n) is 18.7. The van der Waals surface area contributed by atoms with E-state index in [9.17, 15) is 0 Å². The van der Waals surface area contributed by atoms with Crippen molar-refractivity contribution in [1.82, 2.24) is 0 Å². The molecule has 0 aliphatic rings. The second kappa shape index (κ2) is 12.6. The Labute approximate surface area is 317 Å². The quantitative estimate of drug-likeness (QED) is 0.173. The Morgan fingerprint density at radius 1 is 0.309 bits per heavy atom. The third kappa shape index (κ3) is 5.28. The Bertz CT molecular complexity index is 3210. The molecule has 0 N–H and O–H groups in total. The van der Waals surface area contributed by atoms with Crippen LogP contribution in [0.25, 0.3) is 88.0 Å². The number of nitrogens with zero attached hydrogens (tertiary/aromatic N) is 1. The number of para-hydroxylation sites is 3. The lowest BCUT2D eigenvalue weighted by atomic mass is 10.00. The minimum absolute atomic E-state index is 0.844. The van der Waals surface area contributed by atoms with Crippen molar-refractivity contribution in [3.8, 4) is 33.4 Å². The standard InChI is InChI=1S/C52H33NO2/c1-2-12-36(13-3-1)43-18-9-19-45-46-20-10-21-48(52(46)55-51(43)45)53(41-28-25-35(26-29-41)39-24-23-34-11-4-5-14-37(34)31-39)42-16-8-15-38(32-42)40-27-30-50-47(33-40)44-17-6-7-22-49(44)54-50/h1-33H. The van der Waals surface area contributed by atoms with Gasteiger partial charge < -0.3 is 13.7 Å². The van der Waals surface area contributed by atoms with Crippen molar-refractivity contribution in [2.24, 2.45) is 0 Å². The summed E-state index contributed by atoms with van der Waals surface area (Å²) in [6.45, 7) is 0. The van der Waals surface area contributed by atoms with Crippen molar-refractivity contribution in [2.75, 3.05) is 4.90 Å². The number of benzene rings is 9. The third-order valence-corrected chi connectivity index (χ3v) is 10.9. The molecule has 0 spiro atoms. The Morgan fingerprint density at radius 2 is 0.945 bits per heavy atom. The summed E-state index contributed by atoms with van der Waals surface area (Å²) >= 11 is 0. The van der Waals surface area contributed by atoms with E-state index in [1.54, 1.807) is 0 Å². The van der Waals surface area contributed by atoms with Gasteiger partial charge in [-0.05, 0) is 93.2 Å². The van der Waals surface area contributed by atoms with E-state index in [0.717, 1.165) is 83.2 Å². The number of hydrogen-bond donors (Lipinski definition) is 0. The maximum Gasteiger partial charge on any atom is 0.159 e. The Balaban J connectivity index is 1.09. The summed E-state index contributed by atoms with van der Waals surface area (Å²) in [4.78, 5) is 2.33. The molecule has 0 aliphatic carbocycles. The van der Waals surface area contributed by atoms with Crippen LogP contribution in [0.2, 0.25) is 0 Å². The number of fused-ring (bicyclic) bond motifs is 7. The Kier molecular flexibility index (Phi) is 7.17. The van der Waals surface area contributed by atoms with Gasteiger partial charge in [0.05, 0.1) is 5.69 Å². The molecule has 2 heterocycles. The maximum atomic E-state index is 6.97. The van der Waals surface area contributed by atoms with E-state index in [4.69, 9.17) is 8.83 Å². The van der Waals surface area contributed by atoms with Crippen LogP contribution in [0.1, 0.15) is 0 Å². The number of rotatable bonds is 6. The van der Waals surface area contributed by atoms with Crippen LogP contribution >= 0.6 is 0 Å². The van der Waals surface area contributed by atoms with Crippen molar-refractivity contribution in [3.63, 3.8) is 0 Å². The molecule has 0 unspecified atom stereocenters. The molecule has 0 bridgehead atoms. The van der Waals surface area contributed by atoms with Gasteiger partial charge in [0.15, 0.2) is 5.58 Å². The van der Waals surface area contributed by atoms with Gasteiger partial charge in [-0.3, -0.25) is 0 Å². The van der Waals surface area contributed by atoms with Gasteiger partial charge >= 0.3 is 0 Å². The second-order valence-corrected chi connectivity index (χ2v) is 14.1. The lowest BCUT2D eigenvalue weighted by molar-refractivity contribution is 0.669. The van der Waals surface area contributed by atoms with E-state index in [2.05, 4.69) is 187 Å². The molecule has 9 aromatic carbocycles. The minimum atomic E-state index is 0.844. The van der Waals surface area contributed by atoms with E-state index >= 15 is 0 Å². The molecule has 3 nitrogen and oxygen atoms in total. The average molecular weight is 704 g/mol. The van der Waals surface area contributed by atoms with Crippen LogP contribution in [-0.4, -0.2) is 0 Å². The van der Waals surface area contributed by atoms with Crippen molar-refractivity contribution in [3.05, 3.63) is 200 Å². The molecule has 0 fully saturated rings. The summed E-state index contributed by atoms with van der Waals surface area (Å²) in [6.07, 6.45) is 0. The van der Waals surface area contributed by atoms with E-state index in [0.29, 0.717) is 0 Å². The Morgan fingerprint density at radius 3 is 1.84 bits per heavy atom. The largest absolute Gasteiger partial charge is 0.456 e. The van der Waals surface area contributed by atoms with Crippen LogP contribution < -0.4 is 4.90 Å². The third-order valence-electron chi connectivity index (χ3n) is 10.9. The van der Waals surface area contributed by atoms with E-state index in [1.165, 1.54) is 21.9 Å². The highest BCUT2D eigenvalue weighted by atomic mass is 16.3. The number of anilines is 3. The monoisotopic (exact) mass is 703 g/mol. The molecule has 11 rings (SSSR count). The molecular formula is C52H33NO2. The zero-order chi connectivity index (χ0) is 36.3. The Hall–Kier alpha value is -7.36. The van der Waals surface area contributed by atoms with Crippen molar-refractivity contribution in [1.29, 1.82) is 0 Å². The molecule has 11 aromatic rings. The lowest BCUT2D eigenvalue weighted by Crippen LogP contribution is -2.10. The summed E-state index contributed by atoms with van der Waals surface area (Å²) in [7, 11) is 0. The van der Waals surface area contributed by atoms with E-state index in [-0.39, 0.29) is 0 Å². The van der Waals surface area contributed by atoms with Crippen LogP contribution in [0.15, 0.2) is 209 Å². The average Bonchev–Trinajstić information content (AvgIpc) is 3.83. The minimum Gasteiger partial charge on any atom is -0.456 e. The fraction of sp³-hybridized carbons (Fsp3) is 0. The zero-order valence-electron chi connectivity index (χ0n) is 29.8. The smallest absolute Gasteiger partial charge is 0.159 e. The summed E-state index contributed by atoms with van der Waals surface area (Å²) in [6, 6.07) is 71.0. The molecule has 0 saturated heterocycles. The van der Waals surface area contributed by atoms with Gasteiger partial charge in [0.1, 0.15) is 16.7 Å².